The van der Waals surface area contributed by atoms with Crippen LogP contribution in [0.2, 0.25) is 0 Å². The first-order valence-electron chi connectivity index (χ1n) is 4.28. The Kier molecular flexibility index (Phi) is 5.51. The third-order valence-corrected chi connectivity index (χ3v) is 2.58. The van der Waals surface area contributed by atoms with Crippen LogP contribution in [0.1, 0.15) is 6.42 Å². The van der Waals surface area contributed by atoms with E-state index in [0.717, 1.165) is 4.72 Å². The summed E-state index contributed by atoms with van der Waals surface area (Å²) in [5, 5.41) is 8.53. The van der Waals surface area contributed by atoms with Crippen LogP contribution in [0.4, 0.5) is 13.2 Å². The van der Waals surface area contributed by atoms with Crippen LogP contribution >= 0.6 is 0 Å². The number of aliphatic carboxylic acids is 1. The van der Waals surface area contributed by atoms with Crippen LogP contribution < -0.4 is 15.2 Å². The molecule has 5 N–H and O–H groups in total. The number of amides is 1. The highest BCUT2D eigenvalue weighted by Crippen LogP contribution is 2.12. The van der Waals surface area contributed by atoms with Crippen LogP contribution in [-0.2, 0) is 19.8 Å². The van der Waals surface area contributed by atoms with Gasteiger partial charge in [0.05, 0.1) is 6.42 Å². The first-order valence-corrected chi connectivity index (χ1v) is 5.76. The van der Waals surface area contributed by atoms with Crippen LogP contribution in [0.5, 0.6) is 0 Å². The number of primary amides is 1. The van der Waals surface area contributed by atoms with Gasteiger partial charge in [0.1, 0.15) is 12.6 Å². The molecule has 0 aromatic rings. The minimum atomic E-state index is -4.79. The van der Waals surface area contributed by atoms with Crippen molar-refractivity contribution in [3.63, 3.8) is 0 Å². The number of hydrogen-bond acceptors (Lipinski definition) is 4. The van der Waals surface area contributed by atoms with Gasteiger partial charge in [0.25, 0.3) is 10.2 Å². The number of halogens is 3. The van der Waals surface area contributed by atoms with Gasteiger partial charge in [0.15, 0.2) is 0 Å². The highest BCUT2D eigenvalue weighted by molar-refractivity contribution is 7.87. The molecule has 106 valence electrons. The Bertz CT molecular complexity index is 421. The Hall–Kier alpha value is -1.40. The molecular formula is C6H10F3N3O5S. The molecule has 0 aliphatic heterocycles. The van der Waals surface area contributed by atoms with Gasteiger partial charge in [0, 0.05) is 0 Å². The summed E-state index contributed by atoms with van der Waals surface area (Å²) in [6.07, 6.45) is -5.68. The second-order valence-corrected chi connectivity index (χ2v) is 4.65. The zero-order valence-corrected chi connectivity index (χ0v) is 9.51. The normalized spacial score (nSPS) is 14.2. The highest BCUT2D eigenvalue weighted by Gasteiger charge is 2.31. The minimum Gasteiger partial charge on any atom is -0.480 e. The van der Waals surface area contributed by atoms with Crippen molar-refractivity contribution in [2.45, 2.75) is 18.6 Å². The molecule has 0 heterocycles. The van der Waals surface area contributed by atoms with Gasteiger partial charge in [-0.15, -0.1) is 0 Å². The maximum absolute atomic E-state index is 11.7. The summed E-state index contributed by atoms with van der Waals surface area (Å²) < 4.78 is 59.7. The van der Waals surface area contributed by atoms with Crippen LogP contribution in [0.15, 0.2) is 0 Å². The maximum Gasteiger partial charge on any atom is 0.402 e. The smallest absolute Gasteiger partial charge is 0.402 e. The first kappa shape index (κ1) is 16.6. The lowest BCUT2D eigenvalue weighted by Crippen LogP contribution is -2.49. The molecule has 0 bridgehead atoms. The predicted octanol–water partition coefficient (Wildman–Crippen LogP) is -1.70. The lowest BCUT2D eigenvalue weighted by atomic mass is 10.2. The second-order valence-electron chi connectivity index (χ2n) is 3.12. The number of nitrogens with one attached hydrogen (secondary N) is 2. The van der Waals surface area contributed by atoms with Gasteiger partial charge in [-0.2, -0.15) is 31.0 Å². The fourth-order valence-corrected chi connectivity index (χ4v) is 1.78. The van der Waals surface area contributed by atoms with E-state index in [1.165, 1.54) is 4.72 Å². The molecule has 1 atom stereocenters. The zero-order chi connectivity index (χ0) is 14.6. The molecule has 0 aliphatic rings. The van der Waals surface area contributed by atoms with Crippen molar-refractivity contribution in [1.29, 1.82) is 0 Å². The Morgan fingerprint density at radius 1 is 1.33 bits per heavy atom. The largest absolute Gasteiger partial charge is 0.480 e. The Morgan fingerprint density at radius 3 is 2.17 bits per heavy atom. The van der Waals surface area contributed by atoms with E-state index in [0.29, 0.717) is 0 Å². The number of rotatable bonds is 7. The Balaban J connectivity index is 4.62. The minimum absolute atomic E-state index is 0.887. The van der Waals surface area contributed by atoms with Crippen LogP contribution in [0, 0.1) is 0 Å². The molecule has 0 aliphatic carbocycles. The first-order chi connectivity index (χ1) is 7.93. The third kappa shape index (κ3) is 7.81. The van der Waals surface area contributed by atoms with Gasteiger partial charge in [-0.3, -0.25) is 9.59 Å². The van der Waals surface area contributed by atoms with E-state index < -0.39 is 47.3 Å². The van der Waals surface area contributed by atoms with E-state index >= 15 is 0 Å². The molecule has 0 aromatic carbocycles. The van der Waals surface area contributed by atoms with Gasteiger partial charge in [0.2, 0.25) is 5.91 Å². The average molecular weight is 293 g/mol. The van der Waals surface area contributed by atoms with E-state index in [9.17, 15) is 31.2 Å². The maximum atomic E-state index is 11.7. The summed E-state index contributed by atoms with van der Waals surface area (Å²) in [7, 11) is -4.71. The molecule has 0 spiro atoms. The molecule has 18 heavy (non-hydrogen) atoms. The molecule has 8 nitrogen and oxygen atoms in total. The quantitative estimate of drug-likeness (QED) is 0.443. The van der Waals surface area contributed by atoms with Crippen molar-refractivity contribution in [2.75, 3.05) is 6.54 Å². The topological polar surface area (TPSA) is 139 Å². The van der Waals surface area contributed by atoms with Crippen molar-refractivity contribution in [2.24, 2.45) is 5.73 Å². The number of hydrogen-bond donors (Lipinski definition) is 4. The number of carbonyl (C=O) groups is 2. The summed E-state index contributed by atoms with van der Waals surface area (Å²) in [5.74, 6) is -2.87. The molecule has 0 unspecified atom stereocenters. The van der Waals surface area contributed by atoms with Crippen LogP contribution in [0.3, 0.4) is 0 Å². The van der Waals surface area contributed by atoms with Gasteiger partial charge in [-0.05, 0) is 0 Å². The van der Waals surface area contributed by atoms with Crippen molar-refractivity contribution >= 4 is 22.1 Å². The summed E-state index contributed by atoms with van der Waals surface area (Å²) >= 11 is 0. The molecule has 0 rings (SSSR count). The molecule has 0 saturated heterocycles. The number of carboxylic acids is 1. The molecule has 12 heteroatoms. The molecule has 0 saturated carbocycles. The van der Waals surface area contributed by atoms with Crippen molar-refractivity contribution < 1.29 is 36.3 Å². The lowest BCUT2D eigenvalue weighted by molar-refractivity contribution is -0.140. The molecule has 0 fully saturated rings. The average Bonchev–Trinajstić information content (AvgIpc) is 2.11. The molecule has 0 aromatic heterocycles. The standard InChI is InChI=1S/C6H10F3N3O5S/c7-6(8,9)2-11-18(16,17)12-3(5(14)15)1-4(10)13/h3,11-12H,1-2H2,(H2,10,13)(H,14,15)/t3-/m1/s1. The summed E-state index contributed by atoms with van der Waals surface area (Å²) in [6, 6.07) is -1.94. The summed E-state index contributed by atoms with van der Waals surface area (Å²) in [6.45, 7) is -1.87. The SMILES string of the molecule is NC(=O)C[C@@H](NS(=O)(=O)NCC(F)(F)F)C(=O)O. The molecule has 0 radical (unpaired) electrons. The number of carbonyl (C=O) groups excluding carboxylic acids is 1. The lowest BCUT2D eigenvalue weighted by Gasteiger charge is -2.14. The van der Waals surface area contributed by atoms with Crippen molar-refractivity contribution in [3.8, 4) is 0 Å². The van der Waals surface area contributed by atoms with Crippen LogP contribution in [0.25, 0.3) is 0 Å². The molecule has 1 amide bonds. The predicted molar refractivity (Wildman–Crippen MR) is 51.3 cm³/mol. The monoisotopic (exact) mass is 293 g/mol. The molecular weight excluding hydrogens is 283 g/mol. The van der Waals surface area contributed by atoms with Gasteiger partial charge in [-0.1, -0.05) is 0 Å². The van der Waals surface area contributed by atoms with Crippen molar-refractivity contribution in [3.05, 3.63) is 0 Å². The summed E-state index contributed by atoms with van der Waals surface area (Å²) in [5.41, 5.74) is 4.66. The van der Waals surface area contributed by atoms with Gasteiger partial charge >= 0.3 is 12.1 Å². The van der Waals surface area contributed by atoms with Gasteiger partial charge < -0.3 is 10.8 Å². The Morgan fingerprint density at radius 2 is 1.83 bits per heavy atom. The number of nitrogens with two attached hydrogens (primary N) is 1. The second kappa shape index (κ2) is 5.97. The van der Waals surface area contributed by atoms with E-state index in [4.69, 9.17) is 5.11 Å². The fraction of sp³-hybridized carbons (Fsp3) is 0.667. The summed E-state index contributed by atoms with van der Waals surface area (Å²) in [4.78, 5) is 21.0. The highest BCUT2D eigenvalue weighted by atomic mass is 32.2. The van der Waals surface area contributed by atoms with E-state index in [2.05, 4.69) is 5.73 Å². The van der Waals surface area contributed by atoms with Crippen molar-refractivity contribution in [1.82, 2.24) is 9.44 Å². The van der Waals surface area contributed by atoms with Crippen LogP contribution in [-0.4, -0.2) is 44.2 Å². The number of alkyl halides is 3. The van der Waals surface area contributed by atoms with E-state index in [1.807, 2.05) is 0 Å². The van der Waals surface area contributed by atoms with E-state index in [-0.39, 0.29) is 0 Å². The van der Waals surface area contributed by atoms with Gasteiger partial charge in [-0.25, -0.2) is 0 Å². The third-order valence-electron chi connectivity index (χ3n) is 1.46. The zero-order valence-electron chi connectivity index (χ0n) is 8.69. The Labute approximate surface area is 99.5 Å². The number of carboxylic acid groups (broad SMARTS) is 1. The van der Waals surface area contributed by atoms with E-state index in [1.54, 1.807) is 0 Å². The fourth-order valence-electron chi connectivity index (χ4n) is 0.786.